The number of aromatic nitrogens is 3. The molecule has 0 radical (unpaired) electrons. The predicted octanol–water partition coefficient (Wildman–Crippen LogP) is 4.98. The van der Waals surface area contributed by atoms with Gasteiger partial charge in [0.1, 0.15) is 5.82 Å². The Labute approximate surface area is 167 Å². The molecule has 0 aliphatic heterocycles. The molecule has 140 valence electrons. The first-order chi connectivity index (χ1) is 13.5. The van der Waals surface area contributed by atoms with E-state index in [-0.39, 0.29) is 5.82 Å². The molecule has 2 heterocycles. The van der Waals surface area contributed by atoms with Crippen LogP contribution in [-0.2, 0) is 6.42 Å². The number of carboxylic acid groups (broad SMARTS) is 1. The second kappa shape index (κ2) is 7.40. The van der Waals surface area contributed by atoms with Gasteiger partial charge in [0.25, 0.3) is 0 Å². The Hall–Kier alpha value is -3.26. The quantitative estimate of drug-likeness (QED) is 0.468. The zero-order valence-corrected chi connectivity index (χ0v) is 16.0. The first-order valence-electron chi connectivity index (χ1n) is 8.36. The fourth-order valence-corrected chi connectivity index (χ4v) is 3.17. The standard InChI is InChI=1S/C20H14BrFN4O2/c21-16-5-4-14(9-17(16)22)18-11-26-19(25-18)8-13(10-23-26)6-12-2-1-3-15(7-12)24-20(27)28/h1-5,7-11,24H,6H2,(H,27,28). The van der Waals surface area contributed by atoms with Gasteiger partial charge in [-0.2, -0.15) is 5.10 Å². The molecule has 2 N–H and O–H groups in total. The molecule has 0 atom stereocenters. The number of benzene rings is 2. The summed E-state index contributed by atoms with van der Waals surface area (Å²) >= 11 is 3.15. The zero-order chi connectivity index (χ0) is 19.7. The molecular formula is C20H14BrFN4O2. The Morgan fingerprint density at radius 3 is 2.82 bits per heavy atom. The van der Waals surface area contributed by atoms with E-state index >= 15 is 0 Å². The lowest BCUT2D eigenvalue weighted by Gasteiger charge is -2.05. The number of rotatable bonds is 4. The van der Waals surface area contributed by atoms with Gasteiger partial charge in [-0.15, -0.1) is 0 Å². The highest BCUT2D eigenvalue weighted by Gasteiger charge is 2.09. The number of nitrogens with zero attached hydrogens (tertiary/aromatic N) is 3. The molecule has 1 amide bonds. The van der Waals surface area contributed by atoms with Gasteiger partial charge in [0.15, 0.2) is 5.65 Å². The minimum Gasteiger partial charge on any atom is -0.465 e. The van der Waals surface area contributed by atoms with E-state index in [2.05, 4.69) is 31.3 Å². The molecule has 2 aromatic carbocycles. The molecule has 8 heteroatoms. The van der Waals surface area contributed by atoms with Crippen molar-refractivity contribution in [2.24, 2.45) is 0 Å². The van der Waals surface area contributed by atoms with Gasteiger partial charge in [-0.25, -0.2) is 18.7 Å². The minimum atomic E-state index is -1.10. The number of nitrogens with one attached hydrogen (secondary N) is 1. The Bertz CT molecular complexity index is 1190. The lowest BCUT2D eigenvalue weighted by atomic mass is 10.1. The Morgan fingerprint density at radius 2 is 2.04 bits per heavy atom. The molecule has 6 nitrogen and oxygen atoms in total. The summed E-state index contributed by atoms with van der Waals surface area (Å²) in [6, 6.07) is 13.9. The van der Waals surface area contributed by atoms with Crippen LogP contribution >= 0.6 is 15.9 Å². The third-order valence-electron chi connectivity index (χ3n) is 4.18. The SMILES string of the molecule is O=C(O)Nc1cccc(Cc2cnn3cc(-c4ccc(Br)c(F)c4)nc3c2)c1. The average molecular weight is 441 g/mol. The lowest BCUT2D eigenvalue weighted by molar-refractivity contribution is 0.210. The fraction of sp³-hybridized carbons (Fsp3) is 0.0500. The van der Waals surface area contributed by atoms with Crippen LogP contribution in [0.1, 0.15) is 11.1 Å². The third kappa shape index (κ3) is 3.86. The monoisotopic (exact) mass is 440 g/mol. The van der Waals surface area contributed by atoms with Gasteiger partial charge in [0, 0.05) is 11.3 Å². The van der Waals surface area contributed by atoms with E-state index in [9.17, 15) is 9.18 Å². The highest BCUT2D eigenvalue weighted by Crippen LogP contribution is 2.24. The number of imidazole rings is 1. The van der Waals surface area contributed by atoms with Crippen molar-refractivity contribution in [3.63, 3.8) is 0 Å². The van der Waals surface area contributed by atoms with Crippen molar-refractivity contribution in [1.82, 2.24) is 14.6 Å². The molecule has 0 saturated heterocycles. The van der Waals surface area contributed by atoms with Crippen LogP contribution in [0.15, 0.2) is 65.4 Å². The summed E-state index contributed by atoms with van der Waals surface area (Å²) in [5.74, 6) is -0.349. The number of carbonyl (C=O) groups is 1. The summed E-state index contributed by atoms with van der Waals surface area (Å²) in [6.45, 7) is 0. The van der Waals surface area contributed by atoms with E-state index in [1.807, 2.05) is 12.1 Å². The number of fused-ring (bicyclic) bond motifs is 1. The summed E-state index contributed by atoms with van der Waals surface area (Å²) in [7, 11) is 0. The van der Waals surface area contributed by atoms with Crippen LogP contribution in [0.2, 0.25) is 0 Å². The topological polar surface area (TPSA) is 79.5 Å². The molecule has 0 bridgehead atoms. The number of amides is 1. The Kier molecular flexibility index (Phi) is 4.79. The van der Waals surface area contributed by atoms with E-state index in [0.717, 1.165) is 11.1 Å². The van der Waals surface area contributed by atoms with Gasteiger partial charge in [-0.05, 0) is 63.8 Å². The minimum absolute atomic E-state index is 0.349. The first-order valence-corrected chi connectivity index (χ1v) is 9.16. The van der Waals surface area contributed by atoms with Gasteiger partial charge in [-0.3, -0.25) is 5.32 Å². The summed E-state index contributed by atoms with van der Waals surface area (Å²) in [5.41, 5.74) is 4.33. The molecule has 0 spiro atoms. The van der Waals surface area contributed by atoms with Crippen molar-refractivity contribution in [2.45, 2.75) is 6.42 Å². The lowest BCUT2D eigenvalue weighted by Crippen LogP contribution is -2.07. The van der Waals surface area contributed by atoms with Gasteiger partial charge in [-0.1, -0.05) is 18.2 Å². The molecule has 28 heavy (non-hydrogen) atoms. The summed E-state index contributed by atoms with van der Waals surface area (Å²) in [6.07, 6.45) is 2.96. The molecule has 0 aliphatic rings. The molecule has 0 fully saturated rings. The maximum Gasteiger partial charge on any atom is 0.409 e. The van der Waals surface area contributed by atoms with E-state index in [1.54, 1.807) is 47.2 Å². The molecular weight excluding hydrogens is 427 g/mol. The van der Waals surface area contributed by atoms with Gasteiger partial charge in [0.2, 0.25) is 0 Å². The van der Waals surface area contributed by atoms with Gasteiger partial charge in [0.05, 0.1) is 22.6 Å². The van der Waals surface area contributed by atoms with Crippen molar-refractivity contribution in [3.05, 3.63) is 82.3 Å². The van der Waals surface area contributed by atoms with Crippen molar-refractivity contribution >= 4 is 33.4 Å². The Balaban J connectivity index is 1.61. The molecule has 0 unspecified atom stereocenters. The van der Waals surface area contributed by atoms with Crippen molar-refractivity contribution < 1.29 is 14.3 Å². The largest absolute Gasteiger partial charge is 0.465 e. The van der Waals surface area contributed by atoms with E-state index in [1.165, 1.54) is 6.07 Å². The predicted molar refractivity (Wildman–Crippen MR) is 107 cm³/mol. The second-order valence-electron chi connectivity index (χ2n) is 6.23. The van der Waals surface area contributed by atoms with E-state index in [4.69, 9.17) is 5.11 Å². The molecule has 4 aromatic rings. The number of hydrogen-bond donors (Lipinski definition) is 2. The maximum absolute atomic E-state index is 13.8. The first kappa shape index (κ1) is 18.1. The smallest absolute Gasteiger partial charge is 0.409 e. The highest BCUT2D eigenvalue weighted by atomic mass is 79.9. The van der Waals surface area contributed by atoms with E-state index in [0.29, 0.717) is 33.5 Å². The molecule has 0 saturated carbocycles. The van der Waals surface area contributed by atoms with Crippen LogP contribution < -0.4 is 5.32 Å². The Morgan fingerprint density at radius 1 is 1.18 bits per heavy atom. The highest BCUT2D eigenvalue weighted by molar-refractivity contribution is 9.10. The van der Waals surface area contributed by atoms with Crippen LogP contribution in [0.3, 0.4) is 0 Å². The van der Waals surface area contributed by atoms with Crippen molar-refractivity contribution in [3.8, 4) is 11.3 Å². The normalized spacial score (nSPS) is 10.9. The summed E-state index contributed by atoms with van der Waals surface area (Å²) in [5, 5.41) is 15.6. The van der Waals surface area contributed by atoms with Crippen LogP contribution in [0.4, 0.5) is 14.9 Å². The second-order valence-corrected chi connectivity index (χ2v) is 7.08. The zero-order valence-electron chi connectivity index (χ0n) is 14.4. The fourth-order valence-electron chi connectivity index (χ4n) is 2.93. The van der Waals surface area contributed by atoms with Crippen molar-refractivity contribution in [1.29, 1.82) is 0 Å². The van der Waals surface area contributed by atoms with Crippen molar-refractivity contribution in [2.75, 3.05) is 5.32 Å². The van der Waals surface area contributed by atoms with Gasteiger partial charge >= 0.3 is 6.09 Å². The van der Waals surface area contributed by atoms with Crippen LogP contribution in [0.5, 0.6) is 0 Å². The maximum atomic E-state index is 13.8. The average Bonchev–Trinajstić information content (AvgIpc) is 3.07. The molecule has 0 aliphatic carbocycles. The van der Waals surface area contributed by atoms with Gasteiger partial charge < -0.3 is 5.11 Å². The number of hydrogen-bond acceptors (Lipinski definition) is 3. The summed E-state index contributed by atoms with van der Waals surface area (Å²) < 4.78 is 15.8. The number of halogens is 2. The number of anilines is 1. The summed E-state index contributed by atoms with van der Waals surface area (Å²) in [4.78, 5) is 15.3. The third-order valence-corrected chi connectivity index (χ3v) is 4.82. The van der Waals surface area contributed by atoms with Crippen LogP contribution in [-0.4, -0.2) is 25.8 Å². The molecule has 2 aromatic heterocycles. The van der Waals surface area contributed by atoms with E-state index < -0.39 is 6.09 Å². The molecule has 4 rings (SSSR count). The van der Waals surface area contributed by atoms with Crippen LogP contribution in [0, 0.1) is 5.82 Å². The van der Waals surface area contributed by atoms with Crippen LogP contribution in [0.25, 0.3) is 16.9 Å².